The number of nitrogen functional groups attached to an aromatic ring is 1. The van der Waals surface area contributed by atoms with Crippen LogP contribution in [0.3, 0.4) is 0 Å². The molecule has 0 heterocycles. The van der Waals surface area contributed by atoms with Gasteiger partial charge in [0.15, 0.2) is 0 Å². The number of nitriles is 1. The topological polar surface area (TPSA) is 49.8 Å². The highest BCUT2D eigenvalue weighted by Crippen LogP contribution is 2.24. The van der Waals surface area contributed by atoms with Gasteiger partial charge in [-0.05, 0) is 61.7 Å². The number of benzene rings is 2. The first-order valence-electron chi connectivity index (χ1n) is 6.41. The minimum atomic E-state index is 0.914. The predicted octanol–water partition coefficient (Wildman–Crippen LogP) is 4.76. The summed E-state index contributed by atoms with van der Waals surface area (Å²) in [5, 5.41) is 10.6. The van der Waals surface area contributed by atoms with Crippen molar-refractivity contribution in [3.63, 3.8) is 0 Å². The SMILES string of the molecule is Cc1cccc(C)c1N.Cc1cccc(C)c1SC#N. The molecule has 0 fully saturated rings. The first-order valence-corrected chi connectivity index (χ1v) is 7.23. The summed E-state index contributed by atoms with van der Waals surface area (Å²) in [7, 11) is 0. The van der Waals surface area contributed by atoms with Crippen molar-refractivity contribution in [2.75, 3.05) is 5.73 Å². The second kappa shape index (κ2) is 7.62. The average Bonchev–Trinajstić information content (AvgIpc) is 2.41. The summed E-state index contributed by atoms with van der Waals surface area (Å²) in [4.78, 5) is 1.09. The summed E-state index contributed by atoms with van der Waals surface area (Å²) in [5.41, 5.74) is 11.3. The minimum Gasteiger partial charge on any atom is -0.398 e. The summed E-state index contributed by atoms with van der Waals surface area (Å²) in [6.07, 6.45) is 0. The lowest BCUT2D eigenvalue weighted by atomic mass is 10.1. The Bertz CT molecular complexity index is 587. The number of hydrogen-bond acceptors (Lipinski definition) is 3. The molecule has 20 heavy (non-hydrogen) atoms. The third-order valence-corrected chi connectivity index (χ3v) is 4.04. The molecule has 0 aliphatic rings. The maximum Gasteiger partial charge on any atom is 0.138 e. The molecule has 0 amide bonds. The zero-order valence-corrected chi connectivity index (χ0v) is 13.2. The summed E-state index contributed by atoms with van der Waals surface area (Å²) in [6.45, 7) is 8.07. The molecule has 0 spiro atoms. The number of thioether (sulfide) groups is 1. The van der Waals surface area contributed by atoms with E-state index < -0.39 is 0 Å². The second-order valence-electron chi connectivity index (χ2n) is 4.72. The Balaban J connectivity index is 0.000000204. The molecule has 0 aromatic heterocycles. The Morgan fingerprint density at radius 1 is 0.850 bits per heavy atom. The Hall–Kier alpha value is -1.92. The average molecular weight is 284 g/mol. The van der Waals surface area contributed by atoms with Crippen molar-refractivity contribution in [3.8, 4) is 5.40 Å². The second-order valence-corrected chi connectivity index (χ2v) is 5.51. The minimum absolute atomic E-state index is 0.914. The van der Waals surface area contributed by atoms with Crippen LogP contribution >= 0.6 is 11.8 Å². The number of nitrogens with two attached hydrogens (primary N) is 1. The summed E-state index contributed by atoms with van der Waals surface area (Å²) in [5.74, 6) is 0. The first-order chi connectivity index (χ1) is 9.47. The molecule has 2 aromatic carbocycles. The Morgan fingerprint density at radius 3 is 1.60 bits per heavy atom. The number of rotatable bonds is 1. The monoisotopic (exact) mass is 284 g/mol. The molecule has 0 radical (unpaired) electrons. The van der Waals surface area contributed by atoms with Gasteiger partial charge in [-0.25, -0.2) is 0 Å². The van der Waals surface area contributed by atoms with Crippen molar-refractivity contribution in [2.24, 2.45) is 0 Å². The van der Waals surface area contributed by atoms with Crippen molar-refractivity contribution in [1.29, 1.82) is 5.26 Å². The molecule has 0 atom stereocenters. The van der Waals surface area contributed by atoms with Gasteiger partial charge in [-0.3, -0.25) is 0 Å². The van der Waals surface area contributed by atoms with E-state index in [4.69, 9.17) is 11.0 Å². The van der Waals surface area contributed by atoms with E-state index in [2.05, 4.69) is 5.40 Å². The maximum atomic E-state index is 8.48. The molecule has 0 saturated heterocycles. The predicted molar refractivity (Wildman–Crippen MR) is 87.7 cm³/mol. The van der Waals surface area contributed by atoms with Crippen molar-refractivity contribution in [1.82, 2.24) is 0 Å². The van der Waals surface area contributed by atoms with Crippen molar-refractivity contribution in [3.05, 3.63) is 58.7 Å². The van der Waals surface area contributed by atoms with Crippen LogP contribution in [-0.4, -0.2) is 0 Å². The molecular weight excluding hydrogens is 264 g/mol. The molecule has 3 heteroatoms. The van der Waals surface area contributed by atoms with Gasteiger partial charge in [-0.15, -0.1) is 0 Å². The number of para-hydroxylation sites is 1. The molecular formula is C17H20N2S. The van der Waals surface area contributed by atoms with Gasteiger partial charge in [0.1, 0.15) is 5.40 Å². The van der Waals surface area contributed by atoms with Crippen LogP contribution in [0.1, 0.15) is 22.3 Å². The van der Waals surface area contributed by atoms with Crippen LogP contribution < -0.4 is 5.73 Å². The molecule has 104 valence electrons. The highest BCUT2D eigenvalue weighted by molar-refractivity contribution is 8.03. The van der Waals surface area contributed by atoms with Gasteiger partial charge in [-0.2, -0.15) is 5.26 Å². The highest BCUT2D eigenvalue weighted by Gasteiger charge is 2.00. The zero-order valence-electron chi connectivity index (χ0n) is 12.4. The number of aryl methyl sites for hydroxylation is 4. The number of hydrogen-bond donors (Lipinski definition) is 1. The van der Waals surface area contributed by atoms with E-state index >= 15 is 0 Å². The summed E-state index contributed by atoms with van der Waals surface area (Å²) in [6, 6.07) is 12.1. The zero-order chi connectivity index (χ0) is 15.1. The molecule has 0 aliphatic heterocycles. The lowest BCUT2D eigenvalue weighted by Crippen LogP contribution is -1.91. The smallest absolute Gasteiger partial charge is 0.138 e. The number of thiocyanates is 1. The van der Waals surface area contributed by atoms with E-state index in [1.165, 1.54) is 22.9 Å². The van der Waals surface area contributed by atoms with E-state index in [1.54, 1.807) is 0 Å². The normalized spacial score (nSPS) is 9.35. The lowest BCUT2D eigenvalue weighted by Gasteiger charge is -2.02. The fraction of sp³-hybridized carbons (Fsp3) is 0.235. The molecule has 0 bridgehead atoms. The molecule has 2 aromatic rings. The van der Waals surface area contributed by atoms with Gasteiger partial charge in [0.05, 0.1) is 0 Å². The fourth-order valence-electron chi connectivity index (χ4n) is 1.83. The van der Waals surface area contributed by atoms with Gasteiger partial charge >= 0.3 is 0 Å². The van der Waals surface area contributed by atoms with Crippen LogP contribution in [0.15, 0.2) is 41.3 Å². The Morgan fingerprint density at radius 2 is 1.25 bits per heavy atom. The van der Waals surface area contributed by atoms with E-state index in [0.717, 1.165) is 21.7 Å². The van der Waals surface area contributed by atoms with Gasteiger partial charge in [0.25, 0.3) is 0 Å². The number of nitrogens with zero attached hydrogens (tertiary/aromatic N) is 1. The van der Waals surface area contributed by atoms with Crippen molar-refractivity contribution in [2.45, 2.75) is 32.6 Å². The molecule has 2 N–H and O–H groups in total. The van der Waals surface area contributed by atoms with Gasteiger partial charge in [0, 0.05) is 10.6 Å². The highest BCUT2D eigenvalue weighted by atomic mass is 32.2. The molecule has 2 nitrogen and oxygen atoms in total. The van der Waals surface area contributed by atoms with E-state index in [9.17, 15) is 0 Å². The quantitative estimate of drug-likeness (QED) is 0.466. The van der Waals surface area contributed by atoms with Crippen LogP contribution in [0.25, 0.3) is 0 Å². The third-order valence-electron chi connectivity index (χ3n) is 3.10. The van der Waals surface area contributed by atoms with Gasteiger partial charge < -0.3 is 5.73 Å². The van der Waals surface area contributed by atoms with E-state index in [0.29, 0.717) is 0 Å². The standard InChI is InChI=1S/C9H9NS.C8H11N/c1-7-4-3-5-8(2)9(7)11-6-10;1-6-4-3-5-7(2)8(6)9/h3-5H,1-2H3;3-5H,9H2,1-2H3. The lowest BCUT2D eigenvalue weighted by molar-refractivity contribution is 1.22. The van der Waals surface area contributed by atoms with E-state index in [1.807, 2.05) is 64.1 Å². The summed E-state index contributed by atoms with van der Waals surface area (Å²) >= 11 is 1.23. The van der Waals surface area contributed by atoms with Crippen LogP contribution in [0, 0.1) is 38.4 Å². The first kappa shape index (κ1) is 16.1. The van der Waals surface area contributed by atoms with Crippen molar-refractivity contribution < 1.29 is 0 Å². The van der Waals surface area contributed by atoms with E-state index in [-0.39, 0.29) is 0 Å². The largest absolute Gasteiger partial charge is 0.398 e. The van der Waals surface area contributed by atoms with Crippen LogP contribution in [0.2, 0.25) is 0 Å². The third kappa shape index (κ3) is 4.32. The van der Waals surface area contributed by atoms with Crippen LogP contribution in [0.5, 0.6) is 0 Å². The van der Waals surface area contributed by atoms with Gasteiger partial charge in [0.2, 0.25) is 0 Å². The molecule has 0 saturated carbocycles. The maximum absolute atomic E-state index is 8.48. The summed E-state index contributed by atoms with van der Waals surface area (Å²) < 4.78 is 0. The van der Waals surface area contributed by atoms with Crippen LogP contribution in [-0.2, 0) is 0 Å². The number of anilines is 1. The molecule has 0 aliphatic carbocycles. The molecule has 0 unspecified atom stereocenters. The fourth-order valence-corrected chi connectivity index (χ4v) is 2.38. The van der Waals surface area contributed by atoms with Crippen LogP contribution in [0.4, 0.5) is 5.69 Å². The Labute approximate surface area is 125 Å². The molecule has 2 rings (SSSR count). The van der Waals surface area contributed by atoms with Gasteiger partial charge in [-0.1, -0.05) is 36.4 Å². The Kier molecular flexibility index (Phi) is 6.14. The van der Waals surface area contributed by atoms with Crippen molar-refractivity contribution >= 4 is 17.4 Å².